The van der Waals surface area contributed by atoms with Gasteiger partial charge in [0, 0.05) is 11.9 Å². The number of amides is 3. The number of anilines is 2. The summed E-state index contributed by atoms with van der Waals surface area (Å²) in [6.07, 6.45) is -3.18. The molecule has 3 aromatic carbocycles. The molecule has 0 unspecified atom stereocenters. The molecule has 1 saturated heterocycles. The largest absolute Gasteiger partial charge is 0.573 e. The van der Waals surface area contributed by atoms with Crippen LogP contribution in [0.4, 0.5) is 29.3 Å². The van der Waals surface area contributed by atoms with Gasteiger partial charge in [-0.2, -0.15) is 4.99 Å². The average molecular weight is 569 g/mol. The molecule has 11 heteroatoms. The van der Waals surface area contributed by atoms with E-state index in [2.05, 4.69) is 33.9 Å². The Labute approximate surface area is 234 Å². The fourth-order valence-corrected chi connectivity index (χ4v) is 4.82. The van der Waals surface area contributed by atoms with E-state index in [0.717, 1.165) is 22.4 Å². The van der Waals surface area contributed by atoms with E-state index in [1.807, 2.05) is 25.1 Å². The highest BCUT2D eigenvalue weighted by molar-refractivity contribution is 8.15. The molecule has 40 heavy (non-hydrogen) atoms. The molecule has 1 aliphatic heterocycles. The topological polar surface area (TPSA) is 83.4 Å². The van der Waals surface area contributed by atoms with Gasteiger partial charge in [0.05, 0.1) is 18.0 Å². The van der Waals surface area contributed by atoms with Crippen molar-refractivity contribution in [3.05, 3.63) is 89.0 Å². The second kappa shape index (κ2) is 12.4. The molecule has 0 radical (unpaired) electrons. The van der Waals surface area contributed by atoms with Gasteiger partial charge in [-0.25, -0.2) is 4.79 Å². The maximum atomic E-state index is 12.7. The smallest absolute Gasteiger partial charge is 0.406 e. The number of urea groups is 1. The lowest BCUT2D eigenvalue weighted by Gasteiger charge is -2.22. The molecule has 1 aliphatic rings. The Balaban J connectivity index is 1.37. The fraction of sp³-hybridized carbons (Fsp3) is 0.241. The molecule has 208 valence electrons. The standard InChI is InChI=1S/C29H27F3N4O3S/c1-18(2)24-13-4-19(3)14-25(24)36-26(37)17-40-28(36)35-27(38)34-22-9-5-20(6-10-22)15-33-16-21-7-11-23(12-8-21)39-29(30,31)32/h4-14,16,18H,15,17H2,1-3H3,(H,34,38). The Kier molecular flexibility index (Phi) is 8.93. The zero-order valence-electron chi connectivity index (χ0n) is 22.0. The van der Waals surface area contributed by atoms with Crippen molar-refractivity contribution in [2.24, 2.45) is 9.98 Å². The van der Waals surface area contributed by atoms with Crippen molar-refractivity contribution in [1.29, 1.82) is 0 Å². The van der Waals surface area contributed by atoms with E-state index in [1.54, 1.807) is 30.5 Å². The highest BCUT2D eigenvalue weighted by atomic mass is 32.2. The summed E-state index contributed by atoms with van der Waals surface area (Å²) >= 11 is 1.22. The minimum atomic E-state index is -4.73. The number of amidine groups is 1. The second-order valence-corrected chi connectivity index (χ2v) is 10.3. The number of alkyl halides is 3. The number of nitrogens with zero attached hydrogens (tertiary/aromatic N) is 3. The third kappa shape index (κ3) is 7.72. The lowest BCUT2D eigenvalue weighted by atomic mass is 9.99. The summed E-state index contributed by atoms with van der Waals surface area (Å²) < 4.78 is 40.7. The first kappa shape index (κ1) is 28.9. The summed E-state index contributed by atoms with van der Waals surface area (Å²) in [5.41, 5.74) is 4.77. The zero-order chi connectivity index (χ0) is 28.9. The van der Waals surface area contributed by atoms with Crippen LogP contribution in [0.25, 0.3) is 0 Å². The Morgan fingerprint density at radius 3 is 2.45 bits per heavy atom. The molecule has 0 atom stereocenters. The van der Waals surface area contributed by atoms with Crippen LogP contribution in [0.15, 0.2) is 76.7 Å². The number of hydrogen-bond acceptors (Lipinski definition) is 5. The molecule has 0 saturated carbocycles. The SMILES string of the molecule is Cc1ccc(C(C)C)c(N2C(=O)CSC2=NC(=O)Nc2ccc(CN=Cc3ccc(OC(F)(F)F)cc3)cc2)c1. The van der Waals surface area contributed by atoms with Crippen LogP contribution in [0.3, 0.4) is 0 Å². The molecule has 7 nitrogen and oxygen atoms in total. The van der Waals surface area contributed by atoms with Crippen molar-refractivity contribution in [1.82, 2.24) is 0 Å². The first-order valence-corrected chi connectivity index (χ1v) is 13.4. The molecule has 4 rings (SSSR count). The number of aliphatic imine (C=N–C) groups is 2. The molecule has 3 aromatic rings. The highest BCUT2D eigenvalue weighted by Crippen LogP contribution is 2.34. The van der Waals surface area contributed by atoms with Gasteiger partial charge >= 0.3 is 12.4 Å². The summed E-state index contributed by atoms with van der Waals surface area (Å²) in [5.74, 6) is -0.0308. The molecule has 0 spiro atoms. The number of carbonyl (C=O) groups is 2. The van der Waals surface area contributed by atoms with Gasteiger partial charge in [-0.3, -0.25) is 14.7 Å². The van der Waals surface area contributed by atoms with Crippen molar-refractivity contribution in [3.8, 4) is 5.75 Å². The molecule has 1 fully saturated rings. The van der Waals surface area contributed by atoms with E-state index in [9.17, 15) is 22.8 Å². The number of ether oxygens (including phenoxy) is 1. The maximum absolute atomic E-state index is 12.7. The predicted octanol–water partition coefficient (Wildman–Crippen LogP) is 7.30. The molecule has 1 N–H and O–H groups in total. The second-order valence-electron chi connectivity index (χ2n) is 9.34. The first-order chi connectivity index (χ1) is 19.0. The Hall–Kier alpha value is -4.12. The molecular weight excluding hydrogens is 541 g/mol. The van der Waals surface area contributed by atoms with Gasteiger partial charge in [0.2, 0.25) is 5.91 Å². The number of nitrogens with one attached hydrogen (secondary N) is 1. The highest BCUT2D eigenvalue weighted by Gasteiger charge is 2.32. The van der Waals surface area contributed by atoms with E-state index in [-0.39, 0.29) is 23.3 Å². The summed E-state index contributed by atoms with van der Waals surface area (Å²) in [6.45, 7) is 6.39. The number of halogens is 3. The molecule has 0 aliphatic carbocycles. The van der Waals surface area contributed by atoms with Crippen LogP contribution in [0, 0.1) is 6.92 Å². The number of thioether (sulfide) groups is 1. The predicted molar refractivity (Wildman–Crippen MR) is 153 cm³/mol. The van der Waals surface area contributed by atoms with Crippen LogP contribution in [0.2, 0.25) is 0 Å². The van der Waals surface area contributed by atoms with Crippen molar-refractivity contribution in [2.45, 2.75) is 39.6 Å². The summed E-state index contributed by atoms with van der Waals surface area (Å²) in [4.78, 5) is 35.4. The van der Waals surface area contributed by atoms with Crippen LogP contribution in [0.1, 0.15) is 42.0 Å². The average Bonchev–Trinajstić information content (AvgIpc) is 3.24. The molecular formula is C29H27F3N4O3S. The van der Waals surface area contributed by atoms with E-state index < -0.39 is 12.4 Å². The normalized spacial score (nSPS) is 14.9. The van der Waals surface area contributed by atoms with E-state index in [4.69, 9.17) is 0 Å². The Morgan fingerprint density at radius 2 is 1.80 bits per heavy atom. The third-order valence-electron chi connectivity index (χ3n) is 5.84. The van der Waals surface area contributed by atoms with Crippen molar-refractivity contribution in [2.75, 3.05) is 16.0 Å². The maximum Gasteiger partial charge on any atom is 0.573 e. The summed E-state index contributed by atoms with van der Waals surface area (Å²) in [5, 5.41) is 3.06. The fourth-order valence-electron chi connectivity index (χ4n) is 3.96. The van der Waals surface area contributed by atoms with Crippen molar-refractivity contribution in [3.63, 3.8) is 0 Å². The summed E-state index contributed by atoms with van der Waals surface area (Å²) in [7, 11) is 0. The molecule has 0 aromatic heterocycles. The van der Waals surface area contributed by atoms with E-state index in [0.29, 0.717) is 23.0 Å². The molecule has 3 amide bonds. The van der Waals surface area contributed by atoms with Crippen LogP contribution in [-0.2, 0) is 11.3 Å². The van der Waals surface area contributed by atoms with Gasteiger partial charge in [-0.05, 0) is 77.6 Å². The van der Waals surface area contributed by atoms with Gasteiger partial charge in [-0.1, -0.05) is 49.9 Å². The van der Waals surface area contributed by atoms with Crippen LogP contribution in [-0.4, -0.2) is 35.4 Å². The monoisotopic (exact) mass is 568 g/mol. The lowest BCUT2D eigenvalue weighted by Crippen LogP contribution is -2.31. The van der Waals surface area contributed by atoms with E-state index >= 15 is 0 Å². The zero-order valence-corrected chi connectivity index (χ0v) is 22.8. The van der Waals surface area contributed by atoms with Gasteiger partial charge in [0.15, 0.2) is 5.17 Å². The van der Waals surface area contributed by atoms with Gasteiger partial charge < -0.3 is 10.1 Å². The Morgan fingerprint density at radius 1 is 1.10 bits per heavy atom. The Bertz CT molecular complexity index is 1440. The van der Waals surface area contributed by atoms with Crippen LogP contribution < -0.4 is 15.0 Å². The number of aryl methyl sites for hydroxylation is 1. The first-order valence-electron chi connectivity index (χ1n) is 12.4. The minimum absolute atomic E-state index is 0.125. The summed E-state index contributed by atoms with van der Waals surface area (Å²) in [6, 6.07) is 17.8. The number of hydrogen-bond donors (Lipinski definition) is 1. The van der Waals surface area contributed by atoms with Crippen molar-refractivity contribution < 1.29 is 27.5 Å². The van der Waals surface area contributed by atoms with Gasteiger partial charge in [-0.15, -0.1) is 13.2 Å². The number of rotatable bonds is 7. The number of carbonyl (C=O) groups excluding carboxylic acids is 2. The van der Waals surface area contributed by atoms with Crippen LogP contribution in [0.5, 0.6) is 5.75 Å². The van der Waals surface area contributed by atoms with E-state index in [1.165, 1.54) is 40.9 Å². The van der Waals surface area contributed by atoms with Gasteiger partial charge in [0.25, 0.3) is 0 Å². The van der Waals surface area contributed by atoms with Crippen LogP contribution >= 0.6 is 11.8 Å². The molecule has 0 bridgehead atoms. The quantitative estimate of drug-likeness (QED) is 0.303. The van der Waals surface area contributed by atoms with Crippen molar-refractivity contribution >= 4 is 46.5 Å². The lowest BCUT2D eigenvalue weighted by molar-refractivity contribution is -0.274. The van der Waals surface area contributed by atoms with Gasteiger partial charge in [0.1, 0.15) is 5.75 Å². The third-order valence-corrected chi connectivity index (χ3v) is 6.77. The number of benzene rings is 3. The molecule has 1 heterocycles. The minimum Gasteiger partial charge on any atom is -0.406 e.